The second kappa shape index (κ2) is 14.2. The highest BCUT2D eigenvalue weighted by Gasteiger charge is 2.41. The maximum Gasteiger partial charge on any atom is 0.227 e. The zero-order chi connectivity index (χ0) is 34.0. The first-order valence-electron chi connectivity index (χ1n) is 15.7. The molecule has 0 radical (unpaired) electrons. The summed E-state index contributed by atoms with van der Waals surface area (Å²) >= 11 is 1.39. The number of pyridine rings is 1. The van der Waals surface area contributed by atoms with E-state index in [1.165, 1.54) is 31.1 Å². The van der Waals surface area contributed by atoms with Crippen LogP contribution in [0, 0.1) is 23.1 Å². The third-order valence-corrected chi connectivity index (χ3v) is 15.2. The van der Waals surface area contributed by atoms with Gasteiger partial charge < -0.3 is 14.2 Å². The molecule has 2 aromatic heterocycles. The van der Waals surface area contributed by atoms with E-state index >= 15 is 8.78 Å². The van der Waals surface area contributed by atoms with Crippen LogP contribution in [-0.2, 0) is 4.74 Å². The third-order valence-electron chi connectivity index (χ3n) is 8.21. The predicted octanol–water partition coefficient (Wildman–Crippen LogP) is 9.96. The van der Waals surface area contributed by atoms with Gasteiger partial charge in [-0.25, -0.2) is 13.8 Å². The first kappa shape index (κ1) is 35.6. The highest BCUT2D eigenvalue weighted by Crippen LogP contribution is 2.42. The van der Waals surface area contributed by atoms with Crippen molar-refractivity contribution < 1.29 is 23.0 Å². The molecule has 0 aliphatic rings. The van der Waals surface area contributed by atoms with Crippen molar-refractivity contribution >= 4 is 41.5 Å². The van der Waals surface area contributed by atoms with E-state index in [2.05, 4.69) is 68.0 Å². The lowest BCUT2D eigenvalue weighted by atomic mass is 9.95. The maximum atomic E-state index is 16.8. The van der Waals surface area contributed by atoms with E-state index in [0.29, 0.717) is 55.0 Å². The number of benzene rings is 2. The Labute approximate surface area is 277 Å². The van der Waals surface area contributed by atoms with Gasteiger partial charge in [-0.05, 0) is 66.7 Å². The van der Waals surface area contributed by atoms with Gasteiger partial charge in [-0.2, -0.15) is 4.98 Å². The number of fused-ring (bicyclic) bond motifs is 2. The summed E-state index contributed by atoms with van der Waals surface area (Å²) in [4.78, 5) is 13.7. The summed E-state index contributed by atoms with van der Waals surface area (Å²) in [5.74, 6) is 3.53. The molecule has 0 saturated carbocycles. The minimum Gasteiger partial charge on any atom is -0.471 e. The van der Waals surface area contributed by atoms with Crippen molar-refractivity contribution in [1.29, 1.82) is 0 Å². The molecule has 0 unspecified atom stereocenters. The highest BCUT2D eigenvalue weighted by molar-refractivity contribution is 7.99. The molecule has 4 rings (SSSR count). The molecule has 6 nitrogen and oxygen atoms in total. The number of halogens is 2. The molecule has 4 aromatic rings. The van der Waals surface area contributed by atoms with Gasteiger partial charge >= 0.3 is 0 Å². The Morgan fingerprint density at radius 2 is 1.65 bits per heavy atom. The van der Waals surface area contributed by atoms with E-state index in [-0.39, 0.29) is 29.4 Å². The third kappa shape index (κ3) is 7.17. The number of rotatable bonds is 10. The van der Waals surface area contributed by atoms with Crippen LogP contribution in [0.25, 0.3) is 32.9 Å². The summed E-state index contributed by atoms with van der Waals surface area (Å²) < 4.78 is 49.8. The lowest BCUT2D eigenvalue weighted by molar-refractivity contribution is 0.0512. The van der Waals surface area contributed by atoms with E-state index in [1.54, 1.807) is 18.2 Å². The number of ether oxygens (including phenoxy) is 3. The van der Waals surface area contributed by atoms with Gasteiger partial charge in [0.25, 0.3) is 0 Å². The summed E-state index contributed by atoms with van der Waals surface area (Å²) in [5, 5.41) is 1.84. The Morgan fingerprint density at radius 3 is 2.24 bits per heavy atom. The zero-order valence-electron chi connectivity index (χ0n) is 28.8. The van der Waals surface area contributed by atoms with Crippen molar-refractivity contribution in [2.75, 3.05) is 19.7 Å². The monoisotopic (exact) mass is 665 g/mol. The maximum absolute atomic E-state index is 16.8. The smallest absolute Gasteiger partial charge is 0.227 e. The van der Waals surface area contributed by atoms with Gasteiger partial charge in [-0.1, -0.05) is 72.2 Å². The largest absolute Gasteiger partial charge is 0.471 e. The Kier molecular flexibility index (Phi) is 11.0. The molecule has 2 heterocycles. The quantitative estimate of drug-likeness (QED) is 0.0549. The fourth-order valence-electron chi connectivity index (χ4n) is 6.30. The average Bonchev–Trinajstić information content (AvgIpc) is 2.96. The van der Waals surface area contributed by atoms with Crippen LogP contribution in [0.3, 0.4) is 0 Å². The fraction of sp³-hybridized carbons (Fsp3) is 0.472. The molecular formula is C36H45F2N3O3SSi. The van der Waals surface area contributed by atoms with E-state index in [9.17, 15) is 0 Å². The van der Waals surface area contributed by atoms with Crippen LogP contribution in [0.5, 0.6) is 11.6 Å². The average molecular weight is 666 g/mol. The molecular weight excluding hydrogens is 621 g/mol. The molecule has 10 heteroatoms. The van der Waals surface area contributed by atoms with Gasteiger partial charge in [-0.3, -0.25) is 4.98 Å². The second-order valence-corrected chi connectivity index (χ2v) is 20.1. The minimum atomic E-state index is -2.23. The van der Waals surface area contributed by atoms with Crippen LogP contribution in [-0.4, -0.2) is 48.3 Å². The Hall–Kier alpha value is -3.26. The Morgan fingerprint density at radius 1 is 0.978 bits per heavy atom. The fourth-order valence-corrected chi connectivity index (χ4v) is 12.1. The second-order valence-electron chi connectivity index (χ2n) is 13.3. The van der Waals surface area contributed by atoms with Crippen molar-refractivity contribution in [3.8, 4) is 34.4 Å². The lowest BCUT2D eigenvalue weighted by Crippen LogP contribution is -2.43. The van der Waals surface area contributed by atoms with E-state index in [4.69, 9.17) is 14.2 Å². The number of hydrogen-bond acceptors (Lipinski definition) is 7. The van der Waals surface area contributed by atoms with Gasteiger partial charge in [0, 0.05) is 24.3 Å². The van der Waals surface area contributed by atoms with Crippen LogP contribution < -0.4 is 9.47 Å². The lowest BCUT2D eigenvalue weighted by Gasteiger charge is -2.38. The molecule has 0 aliphatic carbocycles. The first-order chi connectivity index (χ1) is 21.6. The van der Waals surface area contributed by atoms with Gasteiger partial charge in [0.05, 0.1) is 10.9 Å². The summed E-state index contributed by atoms with van der Waals surface area (Å²) in [7, 11) is -0.705. The SMILES string of the molecule is CCSc1nc(OC(C)(C)C)c2cnc(-c3cc(OCOC)cc4ccc(F)c(C#C[Si](C(C)C)(C(C)C)C(C)C)c34)c(F)c2n1. The van der Waals surface area contributed by atoms with Crippen LogP contribution in [0.2, 0.25) is 16.6 Å². The van der Waals surface area contributed by atoms with Crippen molar-refractivity contribution in [3.05, 3.63) is 47.7 Å². The Balaban J connectivity index is 2.10. The number of nitrogens with zero attached hydrogens (tertiary/aromatic N) is 3. The highest BCUT2D eigenvalue weighted by atomic mass is 32.2. The molecule has 0 N–H and O–H groups in total. The van der Waals surface area contributed by atoms with Gasteiger partial charge in [0.1, 0.15) is 36.5 Å². The van der Waals surface area contributed by atoms with Crippen molar-refractivity contribution in [2.24, 2.45) is 0 Å². The van der Waals surface area contributed by atoms with E-state index in [1.807, 2.05) is 27.7 Å². The van der Waals surface area contributed by atoms with Crippen LogP contribution in [0.4, 0.5) is 8.78 Å². The molecule has 0 spiro atoms. The first-order valence-corrected chi connectivity index (χ1v) is 19.0. The van der Waals surface area contributed by atoms with Gasteiger partial charge in [0.2, 0.25) is 5.88 Å². The number of aromatic nitrogens is 3. The topological polar surface area (TPSA) is 66.4 Å². The molecule has 0 atom stereocenters. The zero-order valence-corrected chi connectivity index (χ0v) is 30.6. The molecule has 0 saturated heterocycles. The molecule has 0 aliphatic heterocycles. The van der Waals surface area contributed by atoms with Crippen molar-refractivity contribution in [3.63, 3.8) is 0 Å². The standard InChI is InChI=1S/C36H45F2N3O3SSi/c1-12-45-35-40-33-28(34(41-35)44-36(8,9)10)19-39-32(31(33)38)27-18-25(43-20-42-11)17-24-13-14-29(37)26(30(24)27)15-16-46(21(2)3,22(4)5)23(6)7/h13-14,17-19,21-23H,12,20H2,1-11H3. The summed E-state index contributed by atoms with van der Waals surface area (Å²) in [6.45, 7) is 20.9. The minimum absolute atomic E-state index is 0.00182. The molecule has 46 heavy (non-hydrogen) atoms. The summed E-state index contributed by atoms with van der Waals surface area (Å²) in [6, 6.07) is 6.51. The molecule has 246 valence electrons. The summed E-state index contributed by atoms with van der Waals surface area (Å²) in [6.07, 6.45) is 1.52. The number of methoxy groups -OCH3 is 1. The van der Waals surface area contributed by atoms with E-state index < -0.39 is 25.3 Å². The van der Waals surface area contributed by atoms with Crippen molar-refractivity contribution in [1.82, 2.24) is 15.0 Å². The van der Waals surface area contributed by atoms with E-state index in [0.717, 1.165) is 0 Å². The van der Waals surface area contributed by atoms with Gasteiger partial charge in [0.15, 0.2) is 17.8 Å². The Bertz CT molecular complexity index is 1770. The predicted molar refractivity (Wildman–Crippen MR) is 187 cm³/mol. The molecule has 2 aromatic carbocycles. The number of thioether (sulfide) groups is 1. The molecule has 0 bridgehead atoms. The van der Waals surface area contributed by atoms with Crippen LogP contribution in [0.15, 0.2) is 35.6 Å². The van der Waals surface area contributed by atoms with Crippen LogP contribution in [0.1, 0.15) is 74.8 Å². The molecule has 0 amide bonds. The summed E-state index contributed by atoms with van der Waals surface area (Å²) in [5.41, 5.74) is 4.75. The van der Waals surface area contributed by atoms with Crippen molar-refractivity contribution in [2.45, 2.75) is 96.6 Å². The number of hydrogen-bond donors (Lipinski definition) is 0. The molecule has 0 fully saturated rings. The van der Waals surface area contributed by atoms with Crippen LogP contribution >= 0.6 is 11.8 Å². The van der Waals surface area contributed by atoms with Gasteiger partial charge in [-0.15, -0.1) is 5.54 Å². The normalized spacial score (nSPS) is 12.3.